The summed E-state index contributed by atoms with van der Waals surface area (Å²) in [5.74, 6) is -3.22. The van der Waals surface area contributed by atoms with Crippen LogP contribution >= 0.6 is 0 Å². The fourth-order valence-electron chi connectivity index (χ4n) is 2.76. The van der Waals surface area contributed by atoms with Crippen molar-refractivity contribution in [2.75, 3.05) is 6.54 Å². The Bertz CT molecular complexity index is 806. The molecule has 0 bridgehead atoms. The van der Waals surface area contributed by atoms with Crippen LogP contribution in [0.25, 0.3) is 0 Å². The summed E-state index contributed by atoms with van der Waals surface area (Å²) in [7, 11) is -4.27. The molecule has 2 rings (SSSR count). The van der Waals surface area contributed by atoms with Crippen molar-refractivity contribution >= 4 is 27.9 Å². The predicted molar refractivity (Wildman–Crippen MR) is 85.6 cm³/mol. The normalized spacial score (nSPS) is 18.8. The summed E-state index contributed by atoms with van der Waals surface area (Å²) in [6, 6.07) is 2.81. The first-order valence-corrected chi connectivity index (χ1v) is 9.01. The molecule has 0 saturated carbocycles. The van der Waals surface area contributed by atoms with E-state index >= 15 is 0 Å². The van der Waals surface area contributed by atoms with Crippen LogP contribution in [0.4, 0.5) is 0 Å². The summed E-state index contributed by atoms with van der Waals surface area (Å²) in [6.45, 7) is 1.52. The van der Waals surface area contributed by atoms with Crippen LogP contribution in [0, 0.1) is 0 Å². The lowest BCUT2D eigenvalue weighted by molar-refractivity contribution is -0.148. The maximum atomic E-state index is 12.4. The van der Waals surface area contributed by atoms with E-state index in [2.05, 4.69) is 4.72 Å². The van der Waals surface area contributed by atoms with Gasteiger partial charge in [-0.2, -0.15) is 4.72 Å². The number of likely N-dealkylation sites (tertiary alicyclic amines) is 1. The first-order valence-electron chi connectivity index (χ1n) is 7.53. The number of rotatable bonds is 6. The van der Waals surface area contributed by atoms with Gasteiger partial charge in [0, 0.05) is 6.54 Å². The number of amides is 1. The minimum Gasteiger partial charge on any atom is -0.480 e. The van der Waals surface area contributed by atoms with Crippen LogP contribution in [0.3, 0.4) is 0 Å². The zero-order valence-electron chi connectivity index (χ0n) is 13.4. The van der Waals surface area contributed by atoms with E-state index in [0.29, 0.717) is 12.8 Å². The molecule has 3 N–H and O–H groups in total. The van der Waals surface area contributed by atoms with E-state index in [-0.39, 0.29) is 6.54 Å². The van der Waals surface area contributed by atoms with E-state index in [9.17, 15) is 22.8 Å². The van der Waals surface area contributed by atoms with Crippen molar-refractivity contribution in [3.05, 3.63) is 29.8 Å². The van der Waals surface area contributed by atoms with Crippen LogP contribution in [0.1, 0.15) is 30.1 Å². The Kier molecular flexibility index (Phi) is 5.43. The fourth-order valence-corrected chi connectivity index (χ4v) is 4.16. The molecule has 1 aliphatic heterocycles. The number of aliphatic carboxylic acids is 1. The number of benzene rings is 1. The fraction of sp³-hybridized carbons (Fsp3) is 0.400. The summed E-state index contributed by atoms with van der Waals surface area (Å²) < 4.78 is 27.0. The third-order valence-corrected chi connectivity index (χ3v) is 5.53. The minimum atomic E-state index is -4.27. The summed E-state index contributed by atoms with van der Waals surface area (Å²) in [6.07, 6.45) is 0.826. The molecule has 0 radical (unpaired) electrons. The van der Waals surface area contributed by atoms with Gasteiger partial charge in [-0.3, -0.25) is 4.79 Å². The molecule has 0 aromatic heterocycles. The molecular formula is C15H18N2O7S. The molecule has 136 valence electrons. The second kappa shape index (κ2) is 7.19. The average molecular weight is 370 g/mol. The lowest BCUT2D eigenvalue weighted by atomic mass is 10.2. The zero-order valence-corrected chi connectivity index (χ0v) is 14.2. The van der Waals surface area contributed by atoms with Crippen LogP contribution in [-0.2, 0) is 19.6 Å². The van der Waals surface area contributed by atoms with Gasteiger partial charge in [0.25, 0.3) is 0 Å². The first-order chi connectivity index (χ1) is 11.6. The van der Waals surface area contributed by atoms with Gasteiger partial charge in [0.2, 0.25) is 15.9 Å². The Morgan fingerprint density at radius 3 is 2.48 bits per heavy atom. The van der Waals surface area contributed by atoms with Gasteiger partial charge in [-0.05, 0) is 31.9 Å². The highest BCUT2D eigenvalue weighted by Crippen LogP contribution is 2.20. The quantitative estimate of drug-likeness (QED) is 0.646. The number of carbonyl (C=O) groups excluding carboxylic acids is 1. The summed E-state index contributed by atoms with van der Waals surface area (Å²) in [5.41, 5.74) is -0.417. The number of nitrogens with one attached hydrogen (secondary N) is 1. The van der Waals surface area contributed by atoms with Crippen LogP contribution in [0.2, 0.25) is 0 Å². The van der Waals surface area contributed by atoms with Gasteiger partial charge in [-0.1, -0.05) is 12.1 Å². The Labute approximate surface area is 144 Å². The molecule has 1 saturated heterocycles. The van der Waals surface area contributed by atoms with Crippen molar-refractivity contribution in [2.24, 2.45) is 0 Å². The second-order valence-corrected chi connectivity index (χ2v) is 7.35. The Morgan fingerprint density at radius 2 is 1.88 bits per heavy atom. The Balaban J connectivity index is 2.22. The maximum absolute atomic E-state index is 12.4. The van der Waals surface area contributed by atoms with Crippen LogP contribution in [0.5, 0.6) is 0 Å². The van der Waals surface area contributed by atoms with Gasteiger partial charge >= 0.3 is 11.9 Å². The third kappa shape index (κ3) is 3.97. The molecule has 1 amide bonds. The monoisotopic (exact) mass is 370 g/mol. The van der Waals surface area contributed by atoms with E-state index in [0.717, 1.165) is 17.0 Å². The topological polar surface area (TPSA) is 141 Å². The molecule has 1 heterocycles. The SMILES string of the molecule is C[C@H](NS(=O)(=O)c1ccccc1C(=O)O)C(=O)N1CCC[C@H]1C(=O)O. The molecule has 2 atom stereocenters. The number of sulfonamides is 1. The highest BCUT2D eigenvalue weighted by molar-refractivity contribution is 7.89. The number of hydrogen-bond acceptors (Lipinski definition) is 5. The van der Waals surface area contributed by atoms with Crippen molar-refractivity contribution in [1.82, 2.24) is 9.62 Å². The summed E-state index contributed by atoms with van der Waals surface area (Å²) in [4.78, 5) is 35.4. The number of hydrogen-bond donors (Lipinski definition) is 3. The van der Waals surface area contributed by atoms with Crippen LogP contribution in [0.15, 0.2) is 29.2 Å². The molecule has 0 unspecified atom stereocenters. The largest absolute Gasteiger partial charge is 0.480 e. The van der Waals surface area contributed by atoms with Crippen molar-refractivity contribution in [3.8, 4) is 0 Å². The second-order valence-electron chi connectivity index (χ2n) is 5.67. The van der Waals surface area contributed by atoms with E-state index in [1.54, 1.807) is 0 Å². The third-order valence-electron chi connectivity index (χ3n) is 3.93. The maximum Gasteiger partial charge on any atom is 0.337 e. The summed E-state index contributed by atoms with van der Waals surface area (Å²) in [5, 5.41) is 18.2. The highest BCUT2D eigenvalue weighted by Gasteiger charge is 2.37. The van der Waals surface area contributed by atoms with Crippen molar-refractivity contribution in [2.45, 2.75) is 36.7 Å². The van der Waals surface area contributed by atoms with Gasteiger partial charge in [-0.15, -0.1) is 0 Å². The van der Waals surface area contributed by atoms with Crippen molar-refractivity contribution < 1.29 is 33.0 Å². The molecule has 1 aliphatic rings. The lowest BCUT2D eigenvalue weighted by Crippen LogP contribution is -2.50. The number of aromatic carboxylic acids is 1. The predicted octanol–water partition coefficient (Wildman–Crippen LogP) is 0.127. The lowest BCUT2D eigenvalue weighted by Gasteiger charge is -2.25. The van der Waals surface area contributed by atoms with Gasteiger partial charge in [-0.25, -0.2) is 18.0 Å². The number of carboxylic acid groups (broad SMARTS) is 2. The molecule has 9 nitrogen and oxygen atoms in total. The smallest absolute Gasteiger partial charge is 0.337 e. The van der Waals surface area contributed by atoms with E-state index in [1.165, 1.54) is 19.1 Å². The molecule has 10 heteroatoms. The number of carbonyl (C=O) groups is 3. The molecule has 1 aromatic rings. The molecule has 0 spiro atoms. The molecule has 0 aliphatic carbocycles. The van der Waals surface area contributed by atoms with Gasteiger partial charge in [0.15, 0.2) is 0 Å². The highest BCUT2D eigenvalue weighted by atomic mass is 32.2. The standard InChI is InChI=1S/C15H18N2O7S/c1-9(13(18)17-8-4-6-11(17)15(21)22)16-25(23,24)12-7-3-2-5-10(12)14(19)20/h2-3,5,7,9,11,16H,4,6,8H2,1H3,(H,19,20)(H,21,22)/t9-,11-/m0/s1. The van der Waals surface area contributed by atoms with Crippen molar-refractivity contribution in [3.63, 3.8) is 0 Å². The zero-order chi connectivity index (χ0) is 18.8. The summed E-state index contributed by atoms with van der Waals surface area (Å²) >= 11 is 0. The Morgan fingerprint density at radius 1 is 1.24 bits per heavy atom. The van der Waals surface area contributed by atoms with E-state index < -0.39 is 50.4 Å². The molecule has 25 heavy (non-hydrogen) atoms. The van der Waals surface area contributed by atoms with Gasteiger partial charge in [0.1, 0.15) is 6.04 Å². The first kappa shape index (κ1) is 18.9. The Hall–Kier alpha value is -2.46. The molecule has 1 aromatic carbocycles. The van der Waals surface area contributed by atoms with Crippen LogP contribution < -0.4 is 4.72 Å². The number of nitrogens with zero attached hydrogens (tertiary/aromatic N) is 1. The van der Waals surface area contributed by atoms with Gasteiger partial charge in [0.05, 0.1) is 16.5 Å². The molecular weight excluding hydrogens is 352 g/mol. The average Bonchev–Trinajstić information content (AvgIpc) is 3.03. The van der Waals surface area contributed by atoms with Crippen molar-refractivity contribution in [1.29, 1.82) is 0 Å². The van der Waals surface area contributed by atoms with Gasteiger partial charge < -0.3 is 15.1 Å². The van der Waals surface area contributed by atoms with E-state index in [1.807, 2.05) is 0 Å². The van der Waals surface area contributed by atoms with Crippen LogP contribution in [-0.4, -0.2) is 60.0 Å². The van der Waals surface area contributed by atoms with E-state index in [4.69, 9.17) is 10.2 Å². The molecule has 1 fully saturated rings. The number of carboxylic acids is 2. The minimum absolute atomic E-state index is 0.230.